The first-order valence-corrected chi connectivity index (χ1v) is 8.37. The summed E-state index contributed by atoms with van der Waals surface area (Å²) in [6.45, 7) is 0. The van der Waals surface area contributed by atoms with Crippen molar-refractivity contribution in [2.75, 3.05) is 11.5 Å². The van der Waals surface area contributed by atoms with Crippen LogP contribution in [-0.4, -0.2) is 17.3 Å². The van der Waals surface area contributed by atoms with Crippen LogP contribution in [0.15, 0.2) is 54.6 Å². The minimum atomic E-state index is 0.0962. The first-order chi connectivity index (χ1) is 9.34. The van der Waals surface area contributed by atoms with Crippen molar-refractivity contribution < 1.29 is 4.79 Å². The monoisotopic (exact) mass is 286 g/mol. The summed E-state index contributed by atoms with van der Waals surface area (Å²) >= 11 is 3.97. The van der Waals surface area contributed by atoms with Gasteiger partial charge in [0.05, 0.1) is 4.58 Å². The highest BCUT2D eigenvalue weighted by Gasteiger charge is 2.18. The van der Waals surface area contributed by atoms with E-state index in [2.05, 4.69) is 12.1 Å². The predicted octanol–water partition coefficient (Wildman–Crippen LogP) is 4.40. The first kappa shape index (κ1) is 12.8. The van der Waals surface area contributed by atoms with Crippen LogP contribution < -0.4 is 0 Å². The van der Waals surface area contributed by atoms with E-state index in [1.54, 1.807) is 0 Å². The van der Waals surface area contributed by atoms with Crippen molar-refractivity contribution in [2.45, 2.75) is 4.58 Å². The SMILES string of the molecule is O=C(c1ccccc1)c1ccc(C2SCCS2)cc1. The molecule has 2 aromatic rings. The molecule has 1 aliphatic heterocycles. The molecule has 2 aromatic carbocycles. The van der Waals surface area contributed by atoms with Gasteiger partial charge in [0.15, 0.2) is 5.78 Å². The summed E-state index contributed by atoms with van der Waals surface area (Å²) in [6, 6.07) is 17.5. The maximum atomic E-state index is 12.3. The Balaban J connectivity index is 1.80. The topological polar surface area (TPSA) is 17.1 Å². The minimum Gasteiger partial charge on any atom is -0.289 e. The Morgan fingerprint density at radius 3 is 2.05 bits per heavy atom. The summed E-state index contributed by atoms with van der Waals surface area (Å²) in [5.41, 5.74) is 2.83. The Hall–Kier alpha value is -1.19. The smallest absolute Gasteiger partial charge is 0.193 e. The fraction of sp³-hybridized carbons (Fsp3) is 0.188. The van der Waals surface area contributed by atoms with Gasteiger partial charge < -0.3 is 0 Å². The molecule has 1 heterocycles. The van der Waals surface area contributed by atoms with Crippen molar-refractivity contribution >= 4 is 29.3 Å². The normalized spacial score (nSPS) is 15.6. The summed E-state index contributed by atoms with van der Waals surface area (Å²) in [5.74, 6) is 2.54. The van der Waals surface area contributed by atoms with Gasteiger partial charge in [-0.25, -0.2) is 0 Å². The minimum absolute atomic E-state index is 0.0962. The van der Waals surface area contributed by atoms with Crippen molar-refractivity contribution in [1.82, 2.24) is 0 Å². The zero-order valence-electron chi connectivity index (χ0n) is 10.4. The van der Waals surface area contributed by atoms with Gasteiger partial charge in [-0.05, 0) is 5.56 Å². The molecule has 0 atom stereocenters. The van der Waals surface area contributed by atoms with Gasteiger partial charge in [0.1, 0.15) is 0 Å². The van der Waals surface area contributed by atoms with Crippen LogP contribution in [-0.2, 0) is 0 Å². The van der Waals surface area contributed by atoms with Gasteiger partial charge in [0.2, 0.25) is 0 Å². The van der Waals surface area contributed by atoms with Gasteiger partial charge in [-0.1, -0.05) is 54.6 Å². The van der Waals surface area contributed by atoms with Crippen LogP contribution in [0.2, 0.25) is 0 Å². The van der Waals surface area contributed by atoms with Gasteiger partial charge >= 0.3 is 0 Å². The largest absolute Gasteiger partial charge is 0.289 e. The van der Waals surface area contributed by atoms with E-state index in [9.17, 15) is 4.79 Å². The average Bonchev–Trinajstić information content (AvgIpc) is 3.02. The second kappa shape index (κ2) is 5.85. The van der Waals surface area contributed by atoms with E-state index < -0.39 is 0 Å². The molecule has 96 valence electrons. The molecule has 0 saturated carbocycles. The van der Waals surface area contributed by atoms with E-state index in [1.165, 1.54) is 17.1 Å². The van der Waals surface area contributed by atoms with Crippen LogP contribution in [0.4, 0.5) is 0 Å². The molecule has 19 heavy (non-hydrogen) atoms. The van der Waals surface area contributed by atoms with E-state index in [1.807, 2.05) is 66.0 Å². The van der Waals surface area contributed by atoms with E-state index in [-0.39, 0.29) is 5.78 Å². The van der Waals surface area contributed by atoms with Crippen LogP contribution in [0.3, 0.4) is 0 Å². The maximum Gasteiger partial charge on any atom is 0.193 e. The van der Waals surface area contributed by atoms with Crippen molar-refractivity contribution in [1.29, 1.82) is 0 Å². The number of rotatable bonds is 3. The molecule has 0 spiro atoms. The summed E-state index contributed by atoms with van der Waals surface area (Å²) in [4.78, 5) is 12.3. The molecule has 3 rings (SSSR count). The molecule has 1 aliphatic rings. The zero-order chi connectivity index (χ0) is 13.1. The molecular formula is C16H14OS2. The molecule has 0 amide bonds. The standard InChI is InChI=1S/C16H14OS2/c17-15(12-4-2-1-3-5-12)13-6-8-14(9-7-13)16-18-10-11-19-16/h1-9,16H,10-11H2. The highest BCUT2D eigenvalue weighted by atomic mass is 32.2. The van der Waals surface area contributed by atoms with Gasteiger partial charge in [-0.2, -0.15) is 0 Å². The van der Waals surface area contributed by atoms with E-state index in [4.69, 9.17) is 0 Å². The molecule has 3 heteroatoms. The molecule has 1 saturated heterocycles. The Morgan fingerprint density at radius 1 is 0.842 bits per heavy atom. The summed E-state index contributed by atoms with van der Waals surface area (Å²) in [6.07, 6.45) is 0. The molecule has 0 N–H and O–H groups in total. The fourth-order valence-corrected chi connectivity index (χ4v) is 4.96. The zero-order valence-corrected chi connectivity index (χ0v) is 12.0. The van der Waals surface area contributed by atoms with Crippen LogP contribution >= 0.6 is 23.5 Å². The molecule has 0 radical (unpaired) electrons. The summed E-state index contributed by atoms with van der Waals surface area (Å²) < 4.78 is 0.542. The van der Waals surface area contributed by atoms with Crippen molar-refractivity contribution in [3.63, 3.8) is 0 Å². The Bertz CT molecular complexity index is 557. The lowest BCUT2D eigenvalue weighted by atomic mass is 10.0. The number of hydrogen-bond donors (Lipinski definition) is 0. The van der Waals surface area contributed by atoms with Crippen molar-refractivity contribution in [2.24, 2.45) is 0 Å². The molecule has 1 nitrogen and oxygen atoms in total. The maximum absolute atomic E-state index is 12.3. The molecule has 0 bridgehead atoms. The van der Waals surface area contributed by atoms with Gasteiger partial charge in [0, 0.05) is 22.6 Å². The van der Waals surface area contributed by atoms with Crippen molar-refractivity contribution in [3.8, 4) is 0 Å². The number of ketones is 1. The second-order valence-electron chi connectivity index (χ2n) is 4.39. The van der Waals surface area contributed by atoms with E-state index >= 15 is 0 Å². The number of thioether (sulfide) groups is 2. The third-order valence-electron chi connectivity index (χ3n) is 3.10. The number of carbonyl (C=O) groups is 1. The van der Waals surface area contributed by atoms with Crippen LogP contribution in [0.1, 0.15) is 26.1 Å². The molecule has 0 aromatic heterocycles. The predicted molar refractivity (Wildman–Crippen MR) is 84.0 cm³/mol. The lowest BCUT2D eigenvalue weighted by molar-refractivity contribution is 0.103. The van der Waals surface area contributed by atoms with Crippen LogP contribution in [0, 0.1) is 0 Å². The molecule has 0 unspecified atom stereocenters. The van der Waals surface area contributed by atoms with Gasteiger partial charge in [-0.3, -0.25) is 4.79 Å². The number of benzene rings is 2. The third-order valence-corrected chi connectivity index (χ3v) is 6.21. The quantitative estimate of drug-likeness (QED) is 0.779. The average molecular weight is 286 g/mol. The highest BCUT2D eigenvalue weighted by molar-refractivity contribution is 8.19. The molecule has 0 aliphatic carbocycles. The first-order valence-electron chi connectivity index (χ1n) is 6.27. The van der Waals surface area contributed by atoms with E-state index in [0.717, 1.165) is 11.1 Å². The summed E-state index contributed by atoms with van der Waals surface area (Å²) in [5, 5.41) is 0. The van der Waals surface area contributed by atoms with Crippen LogP contribution in [0.5, 0.6) is 0 Å². The Labute approximate surface area is 121 Å². The Kier molecular flexibility index (Phi) is 3.95. The lowest BCUT2D eigenvalue weighted by Crippen LogP contribution is -2.01. The van der Waals surface area contributed by atoms with Crippen LogP contribution in [0.25, 0.3) is 0 Å². The van der Waals surface area contributed by atoms with E-state index in [0.29, 0.717) is 4.58 Å². The second-order valence-corrected chi connectivity index (χ2v) is 7.12. The third kappa shape index (κ3) is 2.88. The molecular weight excluding hydrogens is 272 g/mol. The number of carbonyl (C=O) groups excluding carboxylic acids is 1. The lowest BCUT2D eigenvalue weighted by Gasteiger charge is -2.09. The fourth-order valence-electron chi connectivity index (χ4n) is 2.10. The number of hydrogen-bond acceptors (Lipinski definition) is 3. The van der Waals surface area contributed by atoms with Crippen molar-refractivity contribution in [3.05, 3.63) is 71.3 Å². The highest BCUT2D eigenvalue weighted by Crippen LogP contribution is 2.45. The summed E-state index contributed by atoms with van der Waals surface area (Å²) in [7, 11) is 0. The van der Waals surface area contributed by atoms with Gasteiger partial charge in [-0.15, -0.1) is 23.5 Å². The molecule has 1 fully saturated rings. The van der Waals surface area contributed by atoms with Gasteiger partial charge in [0.25, 0.3) is 0 Å². The Morgan fingerprint density at radius 2 is 1.42 bits per heavy atom.